The molecule has 0 saturated carbocycles. The van der Waals surface area contributed by atoms with Crippen molar-refractivity contribution in [3.8, 4) is 0 Å². The Morgan fingerprint density at radius 3 is 2.50 bits per heavy atom. The summed E-state index contributed by atoms with van der Waals surface area (Å²) >= 11 is 1.31. The van der Waals surface area contributed by atoms with Crippen LogP contribution >= 0.6 is 11.8 Å². The number of nitrogen functional groups attached to an aromatic ring is 1. The molecule has 3 aromatic rings. The molecule has 0 aliphatic rings. The van der Waals surface area contributed by atoms with Crippen LogP contribution in [0.25, 0.3) is 0 Å². The van der Waals surface area contributed by atoms with Gasteiger partial charge >= 0.3 is 5.97 Å². The van der Waals surface area contributed by atoms with E-state index in [0.29, 0.717) is 23.0 Å². The van der Waals surface area contributed by atoms with E-state index in [1.54, 1.807) is 24.3 Å². The standard InChI is InChI=1S/C22H25FN6O2S/c1-13(2)11-18(19(30)31-3)26-21-27-20(25-16-6-4-5-14(23)12-16)28-22(29-21)32-17-9-7-15(24)8-10-17/h4-10,12-13,18H,11,24H2,1-3H3,(H2,25,26,27,28,29)/t18-/m0/s1. The molecule has 0 radical (unpaired) electrons. The summed E-state index contributed by atoms with van der Waals surface area (Å²) in [5.74, 6) is -0.151. The van der Waals surface area contributed by atoms with Crippen LogP contribution in [0.2, 0.25) is 0 Å². The van der Waals surface area contributed by atoms with Crippen molar-refractivity contribution in [3.05, 3.63) is 54.3 Å². The number of aromatic nitrogens is 3. The number of nitrogens with zero attached hydrogens (tertiary/aromatic N) is 3. The Bertz CT molecular complexity index is 1060. The Morgan fingerprint density at radius 2 is 1.84 bits per heavy atom. The largest absolute Gasteiger partial charge is 0.467 e. The Balaban J connectivity index is 1.92. The van der Waals surface area contributed by atoms with Crippen LogP contribution in [0, 0.1) is 11.7 Å². The fraction of sp³-hybridized carbons (Fsp3) is 0.273. The van der Waals surface area contributed by atoms with Gasteiger partial charge in [0.1, 0.15) is 11.9 Å². The van der Waals surface area contributed by atoms with Crippen molar-refractivity contribution < 1.29 is 13.9 Å². The maximum Gasteiger partial charge on any atom is 0.328 e. The monoisotopic (exact) mass is 456 g/mol. The smallest absolute Gasteiger partial charge is 0.328 e. The minimum absolute atomic E-state index is 0.202. The zero-order chi connectivity index (χ0) is 23.1. The number of benzene rings is 2. The van der Waals surface area contributed by atoms with Gasteiger partial charge in [-0.05, 0) is 66.6 Å². The van der Waals surface area contributed by atoms with Crippen molar-refractivity contribution in [2.75, 3.05) is 23.5 Å². The number of ether oxygens (including phenoxy) is 1. The number of hydrogen-bond donors (Lipinski definition) is 3. The quantitative estimate of drug-likeness (QED) is 0.316. The Hall–Kier alpha value is -3.40. The fourth-order valence-corrected chi connectivity index (χ4v) is 3.59. The summed E-state index contributed by atoms with van der Waals surface area (Å²) in [6, 6.07) is 12.6. The van der Waals surface area contributed by atoms with E-state index in [9.17, 15) is 9.18 Å². The van der Waals surface area contributed by atoms with E-state index < -0.39 is 12.0 Å². The average molecular weight is 457 g/mol. The van der Waals surface area contributed by atoms with E-state index in [4.69, 9.17) is 10.5 Å². The molecule has 4 N–H and O–H groups in total. The highest BCUT2D eigenvalue weighted by atomic mass is 32.2. The Kier molecular flexibility index (Phi) is 7.82. The second-order valence-electron chi connectivity index (χ2n) is 7.42. The van der Waals surface area contributed by atoms with Crippen LogP contribution in [0.15, 0.2) is 58.6 Å². The van der Waals surface area contributed by atoms with Crippen LogP contribution in [0.1, 0.15) is 20.3 Å². The molecular formula is C22H25FN6O2S. The molecule has 2 aromatic carbocycles. The lowest BCUT2D eigenvalue weighted by atomic mass is 10.0. The second kappa shape index (κ2) is 10.8. The highest BCUT2D eigenvalue weighted by Gasteiger charge is 2.22. The molecule has 3 rings (SSSR count). The highest BCUT2D eigenvalue weighted by molar-refractivity contribution is 7.99. The summed E-state index contributed by atoms with van der Waals surface area (Å²) < 4.78 is 18.5. The van der Waals surface area contributed by atoms with Crippen LogP contribution in [-0.4, -0.2) is 34.1 Å². The highest BCUT2D eigenvalue weighted by Crippen LogP contribution is 2.28. The number of esters is 1. The van der Waals surface area contributed by atoms with Crippen molar-refractivity contribution in [2.24, 2.45) is 5.92 Å². The molecule has 0 fully saturated rings. The molecule has 168 valence electrons. The van der Waals surface area contributed by atoms with Gasteiger partial charge in [-0.1, -0.05) is 19.9 Å². The number of rotatable bonds is 9. The molecule has 8 nitrogen and oxygen atoms in total. The van der Waals surface area contributed by atoms with Crippen molar-refractivity contribution in [3.63, 3.8) is 0 Å². The lowest BCUT2D eigenvalue weighted by Crippen LogP contribution is -2.33. The summed E-state index contributed by atoms with van der Waals surface area (Å²) in [7, 11) is 1.34. The Labute approximate surface area is 190 Å². The van der Waals surface area contributed by atoms with Gasteiger partial charge < -0.3 is 21.1 Å². The molecule has 32 heavy (non-hydrogen) atoms. The van der Waals surface area contributed by atoms with E-state index >= 15 is 0 Å². The van der Waals surface area contributed by atoms with Gasteiger partial charge in [0.15, 0.2) is 5.16 Å². The predicted molar refractivity (Wildman–Crippen MR) is 123 cm³/mol. The van der Waals surface area contributed by atoms with Gasteiger partial charge in [0.25, 0.3) is 0 Å². The summed E-state index contributed by atoms with van der Waals surface area (Å²) in [6.07, 6.45) is 0.533. The molecule has 10 heteroatoms. The van der Waals surface area contributed by atoms with Gasteiger partial charge in [0, 0.05) is 16.3 Å². The van der Waals surface area contributed by atoms with Crippen LogP contribution in [0.4, 0.5) is 27.7 Å². The first kappa shape index (κ1) is 23.3. The molecule has 0 aliphatic heterocycles. The maximum absolute atomic E-state index is 13.6. The average Bonchev–Trinajstić information content (AvgIpc) is 2.74. The molecule has 0 spiro atoms. The first-order chi connectivity index (χ1) is 15.3. The molecule has 1 aromatic heterocycles. The van der Waals surface area contributed by atoms with E-state index in [2.05, 4.69) is 25.6 Å². The van der Waals surface area contributed by atoms with Crippen molar-refractivity contribution in [1.82, 2.24) is 15.0 Å². The number of anilines is 4. The van der Waals surface area contributed by atoms with E-state index in [1.807, 2.05) is 26.0 Å². The van der Waals surface area contributed by atoms with Gasteiger partial charge in [-0.15, -0.1) is 0 Å². The summed E-state index contributed by atoms with van der Waals surface area (Å²) in [5.41, 5.74) is 6.89. The zero-order valence-electron chi connectivity index (χ0n) is 18.0. The molecule has 0 unspecified atom stereocenters. The third-order valence-electron chi connectivity index (χ3n) is 4.28. The number of carbonyl (C=O) groups excluding carboxylic acids is 1. The van der Waals surface area contributed by atoms with E-state index in [-0.39, 0.29) is 23.6 Å². The predicted octanol–water partition coefficient (Wildman–Crippen LogP) is 4.49. The third-order valence-corrected chi connectivity index (χ3v) is 5.15. The van der Waals surface area contributed by atoms with Crippen LogP contribution in [-0.2, 0) is 9.53 Å². The van der Waals surface area contributed by atoms with Gasteiger partial charge in [0.05, 0.1) is 7.11 Å². The maximum atomic E-state index is 13.6. The van der Waals surface area contributed by atoms with Gasteiger partial charge in [0.2, 0.25) is 11.9 Å². The number of nitrogens with two attached hydrogens (primary N) is 1. The molecule has 0 aliphatic carbocycles. The molecule has 1 atom stereocenters. The number of carbonyl (C=O) groups is 1. The molecule has 1 heterocycles. The van der Waals surface area contributed by atoms with Crippen LogP contribution < -0.4 is 16.4 Å². The topological polar surface area (TPSA) is 115 Å². The summed E-state index contributed by atoms with van der Waals surface area (Å²) in [6.45, 7) is 4.01. The van der Waals surface area contributed by atoms with Gasteiger partial charge in [-0.2, -0.15) is 15.0 Å². The lowest BCUT2D eigenvalue weighted by molar-refractivity contribution is -0.141. The van der Waals surface area contributed by atoms with Crippen molar-refractivity contribution >= 4 is 41.0 Å². The van der Waals surface area contributed by atoms with Crippen molar-refractivity contribution in [2.45, 2.75) is 36.4 Å². The number of halogens is 1. The SMILES string of the molecule is COC(=O)[C@H](CC(C)C)Nc1nc(Nc2cccc(F)c2)nc(Sc2ccc(N)cc2)n1. The van der Waals surface area contributed by atoms with Gasteiger partial charge in [-0.25, -0.2) is 9.18 Å². The summed E-state index contributed by atoms with van der Waals surface area (Å²) in [4.78, 5) is 26.4. The molecule has 0 amide bonds. The van der Waals surface area contributed by atoms with Crippen LogP contribution in [0.5, 0.6) is 0 Å². The van der Waals surface area contributed by atoms with Crippen molar-refractivity contribution in [1.29, 1.82) is 0 Å². The first-order valence-electron chi connectivity index (χ1n) is 9.99. The first-order valence-corrected chi connectivity index (χ1v) is 10.8. The summed E-state index contributed by atoms with van der Waals surface area (Å²) in [5, 5.41) is 6.42. The minimum atomic E-state index is -0.626. The Morgan fingerprint density at radius 1 is 1.12 bits per heavy atom. The number of methoxy groups -OCH3 is 1. The second-order valence-corrected chi connectivity index (χ2v) is 8.46. The zero-order valence-corrected chi connectivity index (χ0v) is 18.8. The third kappa shape index (κ3) is 6.81. The molecular weight excluding hydrogens is 431 g/mol. The molecule has 0 saturated heterocycles. The normalized spacial score (nSPS) is 11.8. The van der Waals surface area contributed by atoms with Crippen LogP contribution in [0.3, 0.4) is 0 Å². The number of hydrogen-bond acceptors (Lipinski definition) is 9. The number of nitrogens with one attached hydrogen (secondary N) is 2. The molecule has 0 bridgehead atoms. The van der Waals surface area contributed by atoms with Gasteiger partial charge in [-0.3, -0.25) is 0 Å². The van der Waals surface area contributed by atoms with E-state index in [1.165, 1.54) is 31.0 Å². The van der Waals surface area contributed by atoms with E-state index in [0.717, 1.165) is 4.90 Å². The lowest BCUT2D eigenvalue weighted by Gasteiger charge is -2.19. The fourth-order valence-electron chi connectivity index (χ4n) is 2.84. The minimum Gasteiger partial charge on any atom is -0.467 e.